The average Bonchev–Trinajstić information content (AvgIpc) is 4.04. The molecular formula is C48H59N5O9S2. The number of nitro groups is 1. The summed E-state index contributed by atoms with van der Waals surface area (Å²) in [5, 5.41) is 17.7. The van der Waals surface area contributed by atoms with Crippen molar-refractivity contribution in [3.05, 3.63) is 94.2 Å². The van der Waals surface area contributed by atoms with E-state index < -0.39 is 16.6 Å². The van der Waals surface area contributed by atoms with E-state index in [-0.39, 0.29) is 65.0 Å². The molecule has 2 aromatic carbocycles. The summed E-state index contributed by atoms with van der Waals surface area (Å²) in [6.07, 6.45) is 11.3. The van der Waals surface area contributed by atoms with E-state index in [4.69, 9.17) is 14.2 Å². The van der Waals surface area contributed by atoms with Crippen LogP contribution in [-0.4, -0.2) is 70.9 Å². The summed E-state index contributed by atoms with van der Waals surface area (Å²) in [6.45, 7) is 9.61. The molecule has 1 saturated carbocycles. The fourth-order valence-corrected chi connectivity index (χ4v) is 10.5. The molecule has 1 saturated heterocycles. The fraction of sp³-hybridized carbons (Fsp3) is 0.479. The van der Waals surface area contributed by atoms with Crippen LogP contribution in [0.5, 0.6) is 5.75 Å². The van der Waals surface area contributed by atoms with Crippen LogP contribution in [0.3, 0.4) is 0 Å². The van der Waals surface area contributed by atoms with Gasteiger partial charge in [-0.25, -0.2) is 9.78 Å². The Kier molecular flexibility index (Phi) is 16.2. The zero-order valence-electron chi connectivity index (χ0n) is 37.6. The minimum atomic E-state index is -1.06. The lowest BCUT2D eigenvalue weighted by atomic mass is 9.86. The van der Waals surface area contributed by atoms with Crippen LogP contribution in [0.15, 0.2) is 83.6 Å². The second-order valence-electron chi connectivity index (χ2n) is 17.4. The number of carbonyl (C=O) groups is 4. The lowest BCUT2D eigenvalue weighted by Crippen LogP contribution is -2.46. The normalized spacial score (nSPS) is 24.2. The maximum absolute atomic E-state index is 14.8. The summed E-state index contributed by atoms with van der Waals surface area (Å²) in [6, 6.07) is 14.4. The van der Waals surface area contributed by atoms with Crippen LogP contribution in [0, 0.1) is 27.9 Å². The van der Waals surface area contributed by atoms with Gasteiger partial charge < -0.3 is 29.7 Å². The van der Waals surface area contributed by atoms with Gasteiger partial charge >= 0.3 is 12.1 Å². The largest absolute Gasteiger partial charge is 0.496 e. The van der Waals surface area contributed by atoms with E-state index in [2.05, 4.69) is 27.8 Å². The fourth-order valence-electron chi connectivity index (χ4n) is 8.41. The number of nitrogens with one attached hydrogen (secondary N) is 2. The van der Waals surface area contributed by atoms with E-state index in [1.165, 1.54) is 23.1 Å². The number of amides is 3. The average molecular weight is 914 g/mol. The number of alkyl carbamates (subject to hydrolysis) is 1. The van der Waals surface area contributed by atoms with Gasteiger partial charge in [-0.3, -0.25) is 24.5 Å². The maximum atomic E-state index is 14.8. The second-order valence-corrected chi connectivity index (χ2v) is 20.0. The number of carbonyl (C=O) groups excluding carboxylic acids is 4. The number of fused-ring (bicyclic) bond motifs is 5. The van der Waals surface area contributed by atoms with Crippen LogP contribution in [0.4, 0.5) is 21.9 Å². The zero-order chi connectivity index (χ0) is 46.1. The van der Waals surface area contributed by atoms with Crippen molar-refractivity contribution in [2.75, 3.05) is 24.4 Å². The van der Waals surface area contributed by atoms with Crippen molar-refractivity contribution < 1.29 is 38.3 Å². The highest BCUT2D eigenvalue weighted by molar-refractivity contribution is 8.76. The molecule has 2 N–H and O–H groups in total. The number of esters is 1. The summed E-state index contributed by atoms with van der Waals surface area (Å²) in [4.78, 5) is 70.0. The first kappa shape index (κ1) is 48.1. The topological polar surface area (TPSA) is 179 Å². The highest BCUT2D eigenvalue weighted by Gasteiger charge is 2.56. The van der Waals surface area contributed by atoms with Crippen molar-refractivity contribution in [3.63, 3.8) is 0 Å². The van der Waals surface area contributed by atoms with Gasteiger partial charge in [-0.1, -0.05) is 74.4 Å². The van der Waals surface area contributed by atoms with Crippen LogP contribution in [0.2, 0.25) is 0 Å². The van der Waals surface area contributed by atoms with Crippen LogP contribution >= 0.6 is 21.6 Å². The Balaban J connectivity index is 1.24. The van der Waals surface area contributed by atoms with Crippen LogP contribution < -0.4 is 20.3 Å². The molecule has 3 amide bonds. The molecule has 342 valence electrons. The van der Waals surface area contributed by atoms with Crippen molar-refractivity contribution in [1.29, 1.82) is 0 Å². The third kappa shape index (κ3) is 12.5. The van der Waals surface area contributed by atoms with Crippen molar-refractivity contribution in [2.45, 2.75) is 120 Å². The number of ether oxygens (including phenoxy) is 3. The monoisotopic (exact) mass is 913 g/mol. The molecule has 6 rings (SSSR count). The molecule has 64 heavy (non-hydrogen) atoms. The van der Waals surface area contributed by atoms with Gasteiger partial charge in [0.1, 0.15) is 28.7 Å². The number of anilines is 2. The molecule has 3 aromatic rings. The summed E-state index contributed by atoms with van der Waals surface area (Å²) < 4.78 is 18.2. The molecule has 0 spiro atoms. The van der Waals surface area contributed by atoms with Gasteiger partial charge in [0.15, 0.2) is 0 Å². The Morgan fingerprint density at radius 2 is 1.88 bits per heavy atom. The molecule has 3 heterocycles. The minimum Gasteiger partial charge on any atom is -0.496 e. The molecule has 1 aliphatic carbocycles. The van der Waals surface area contributed by atoms with Gasteiger partial charge in [0.25, 0.3) is 5.69 Å². The van der Waals surface area contributed by atoms with Crippen molar-refractivity contribution >= 4 is 62.5 Å². The number of allylic oxidation sites excluding steroid dienone is 3. The van der Waals surface area contributed by atoms with E-state index in [1.54, 1.807) is 49.8 Å². The Bertz CT molecular complexity index is 2250. The number of rotatable bonds is 13. The van der Waals surface area contributed by atoms with Crippen molar-refractivity contribution in [1.82, 2.24) is 10.3 Å². The maximum Gasteiger partial charge on any atom is 0.407 e. The quantitative estimate of drug-likeness (QED) is 0.0718. The molecule has 3 aliphatic rings. The number of methoxy groups -OCH3 is 1. The van der Waals surface area contributed by atoms with Crippen LogP contribution in [0.1, 0.15) is 91.5 Å². The van der Waals surface area contributed by atoms with E-state index in [9.17, 15) is 29.3 Å². The number of benzene rings is 2. The standard InChI is InChI=1S/C48H59N5O9S2/c1-8-48(62-46(56)29(2)3)27-44(55)52(6)40-22-32(21-30(4)11-9-10-12-36-26-38(61-47(57)51-36)24-34-25-39(34)48)23-41(60-7)45(40)33-14-16-35(17-15-33)50-42(54)19-13-31(5)63-64-43-20-18-37(28-49-43)53(58)59/h9-11,14-18,20,22-23,28-29,31,34,36,38-39H,8,12-13,19,21,24-27H2,1-7H3,(H,50,54)(H,51,57)/b10-9+,30-11+/t31?,34-,36?,38-,39-,48+/m1/s1. The first-order valence-corrected chi connectivity index (χ1v) is 24.1. The molecule has 6 atom stereocenters. The van der Waals surface area contributed by atoms with Crippen LogP contribution in [-0.2, 0) is 30.3 Å². The predicted molar refractivity (Wildman–Crippen MR) is 251 cm³/mol. The van der Waals surface area contributed by atoms with Crippen molar-refractivity contribution in [2.24, 2.45) is 17.8 Å². The Hall–Kier alpha value is -5.35. The molecular weight excluding hydrogens is 855 g/mol. The Morgan fingerprint density at radius 3 is 2.55 bits per heavy atom. The molecule has 2 fully saturated rings. The lowest BCUT2D eigenvalue weighted by molar-refractivity contribution is -0.385. The molecule has 14 nitrogen and oxygen atoms in total. The molecule has 2 aliphatic heterocycles. The van der Waals surface area contributed by atoms with E-state index in [0.717, 1.165) is 23.1 Å². The van der Waals surface area contributed by atoms with Gasteiger partial charge in [-0.15, -0.1) is 0 Å². The highest BCUT2D eigenvalue weighted by atomic mass is 33.1. The Morgan fingerprint density at radius 1 is 1.11 bits per heavy atom. The minimum absolute atomic E-state index is 0.0300. The first-order valence-electron chi connectivity index (χ1n) is 21.9. The molecule has 16 heteroatoms. The third-order valence-corrected chi connectivity index (χ3v) is 15.0. The number of hydrogen-bond donors (Lipinski definition) is 2. The number of aromatic nitrogens is 1. The highest BCUT2D eigenvalue weighted by Crippen LogP contribution is 2.55. The van der Waals surface area contributed by atoms with Gasteiger partial charge in [0.2, 0.25) is 11.8 Å². The molecule has 4 bridgehead atoms. The summed E-state index contributed by atoms with van der Waals surface area (Å²) >= 11 is 0. The number of nitrogens with zero attached hydrogens (tertiary/aromatic N) is 3. The van der Waals surface area contributed by atoms with Crippen molar-refractivity contribution in [3.8, 4) is 16.9 Å². The van der Waals surface area contributed by atoms with Gasteiger partial charge in [-0.05, 0) is 104 Å². The first-order chi connectivity index (χ1) is 30.6. The smallest absolute Gasteiger partial charge is 0.407 e. The molecule has 2 unspecified atom stereocenters. The molecule has 1 aromatic heterocycles. The number of pyridine rings is 1. The lowest BCUT2D eigenvalue weighted by Gasteiger charge is -2.36. The Labute approximate surface area is 383 Å². The second kappa shape index (κ2) is 21.6. The molecule has 0 radical (unpaired) electrons. The van der Waals surface area contributed by atoms with Crippen LogP contribution in [0.25, 0.3) is 11.1 Å². The van der Waals surface area contributed by atoms with Gasteiger partial charge in [0.05, 0.1) is 30.1 Å². The predicted octanol–water partition coefficient (Wildman–Crippen LogP) is 10.3. The summed E-state index contributed by atoms with van der Waals surface area (Å²) in [7, 11) is 6.31. The zero-order valence-corrected chi connectivity index (χ0v) is 39.2. The van der Waals surface area contributed by atoms with E-state index >= 15 is 0 Å². The summed E-state index contributed by atoms with van der Waals surface area (Å²) in [5.41, 5.74) is 3.62. The third-order valence-electron chi connectivity index (χ3n) is 12.1. The van der Waals surface area contributed by atoms with Gasteiger partial charge in [0, 0.05) is 54.4 Å². The van der Waals surface area contributed by atoms with E-state index in [1.807, 2.05) is 63.2 Å². The van der Waals surface area contributed by atoms with E-state index in [0.29, 0.717) is 72.7 Å². The summed E-state index contributed by atoms with van der Waals surface area (Å²) in [5.74, 6) is -0.491. The SMILES string of the molecule is CC[C@]1(OC(=O)C(C)C)CC(=O)N(C)c2cc(cc(OC)c2-c2ccc(NC(=O)CCC(C)SSc3ccc([N+](=O)[O-])cn3)cc2)C/C(C)=C/C=C/CC2C[C@@H](C[C@@H]3C[C@H]31)OC(=O)N2. The number of hydrogen-bond acceptors (Lipinski definition) is 12. The van der Waals surface area contributed by atoms with Gasteiger partial charge in [-0.2, -0.15) is 0 Å².